The van der Waals surface area contributed by atoms with Gasteiger partial charge in [-0.1, -0.05) is 29.8 Å². The number of likely N-dealkylation sites (tertiary alicyclic amines) is 1. The van der Waals surface area contributed by atoms with Gasteiger partial charge < -0.3 is 4.90 Å². The molecule has 1 rings (SSSR count). The van der Waals surface area contributed by atoms with Crippen LogP contribution in [0.15, 0.2) is 0 Å². The summed E-state index contributed by atoms with van der Waals surface area (Å²) in [5.41, 5.74) is 0. The molecule has 1 aliphatic heterocycles. The van der Waals surface area contributed by atoms with Crippen LogP contribution in [-0.4, -0.2) is 29.9 Å². The number of halogens is 1. The standard InChI is InChI=1S/C12H24BrN/c1-11(2)12-5-9-14(10-6-12)8-4-3-7-13/h11-12H,3-10H2,1-2H3. The van der Waals surface area contributed by atoms with Crippen LogP contribution in [0, 0.1) is 11.8 Å². The highest BCUT2D eigenvalue weighted by Crippen LogP contribution is 2.24. The van der Waals surface area contributed by atoms with E-state index in [2.05, 4.69) is 34.7 Å². The zero-order valence-corrected chi connectivity index (χ0v) is 11.2. The van der Waals surface area contributed by atoms with Gasteiger partial charge >= 0.3 is 0 Å². The number of alkyl halides is 1. The highest BCUT2D eigenvalue weighted by atomic mass is 79.9. The minimum Gasteiger partial charge on any atom is -0.303 e. The van der Waals surface area contributed by atoms with Crippen LogP contribution in [0.5, 0.6) is 0 Å². The summed E-state index contributed by atoms with van der Waals surface area (Å²) in [4.78, 5) is 2.64. The van der Waals surface area contributed by atoms with E-state index in [-0.39, 0.29) is 0 Å². The third kappa shape index (κ3) is 4.31. The van der Waals surface area contributed by atoms with Gasteiger partial charge in [-0.25, -0.2) is 0 Å². The quantitative estimate of drug-likeness (QED) is 0.541. The highest BCUT2D eigenvalue weighted by Gasteiger charge is 2.20. The highest BCUT2D eigenvalue weighted by molar-refractivity contribution is 9.09. The third-order valence-corrected chi connectivity index (χ3v) is 3.99. The molecule has 1 aliphatic rings. The van der Waals surface area contributed by atoms with Crippen molar-refractivity contribution in [1.29, 1.82) is 0 Å². The Bertz CT molecular complexity index is 139. The number of hydrogen-bond acceptors (Lipinski definition) is 1. The first kappa shape index (κ1) is 12.5. The van der Waals surface area contributed by atoms with Crippen LogP contribution in [-0.2, 0) is 0 Å². The smallest absolute Gasteiger partial charge is 0.00317 e. The lowest BCUT2D eigenvalue weighted by molar-refractivity contribution is 0.156. The second kappa shape index (κ2) is 6.84. The van der Waals surface area contributed by atoms with Crippen LogP contribution in [0.1, 0.15) is 39.5 Å². The monoisotopic (exact) mass is 261 g/mol. The Labute approximate surface area is 97.4 Å². The lowest BCUT2D eigenvalue weighted by Crippen LogP contribution is -2.35. The van der Waals surface area contributed by atoms with Gasteiger partial charge in [0.05, 0.1) is 0 Å². The first-order valence-electron chi connectivity index (χ1n) is 6.02. The molecule has 0 N–H and O–H groups in total. The van der Waals surface area contributed by atoms with Crippen molar-refractivity contribution in [2.24, 2.45) is 11.8 Å². The van der Waals surface area contributed by atoms with E-state index in [1.165, 1.54) is 45.3 Å². The molecule has 0 amide bonds. The van der Waals surface area contributed by atoms with E-state index in [1.807, 2.05) is 0 Å². The van der Waals surface area contributed by atoms with Crippen molar-refractivity contribution in [3.05, 3.63) is 0 Å². The lowest BCUT2D eigenvalue weighted by Gasteiger charge is -2.33. The predicted octanol–water partition coefficient (Wildman–Crippen LogP) is 3.53. The molecule has 0 aliphatic carbocycles. The predicted molar refractivity (Wildman–Crippen MR) is 67.0 cm³/mol. The number of hydrogen-bond donors (Lipinski definition) is 0. The van der Waals surface area contributed by atoms with E-state index in [9.17, 15) is 0 Å². The zero-order chi connectivity index (χ0) is 10.4. The minimum atomic E-state index is 0.889. The van der Waals surface area contributed by atoms with Crippen molar-refractivity contribution < 1.29 is 0 Å². The summed E-state index contributed by atoms with van der Waals surface area (Å²) in [6.45, 7) is 8.73. The molecule has 0 saturated carbocycles. The van der Waals surface area contributed by atoms with Gasteiger partial charge in [0, 0.05) is 5.33 Å². The van der Waals surface area contributed by atoms with Gasteiger partial charge in [0.1, 0.15) is 0 Å². The Morgan fingerprint density at radius 3 is 2.36 bits per heavy atom. The molecule has 0 spiro atoms. The van der Waals surface area contributed by atoms with E-state index in [4.69, 9.17) is 0 Å². The van der Waals surface area contributed by atoms with E-state index in [1.54, 1.807) is 0 Å². The molecule has 0 aromatic heterocycles. The Hall–Kier alpha value is 0.440. The van der Waals surface area contributed by atoms with E-state index in [0.29, 0.717) is 0 Å². The summed E-state index contributed by atoms with van der Waals surface area (Å²) >= 11 is 3.48. The van der Waals surface area contributed by atoms with Crippen molar-refractivity contribution in [2.45, 2.75) is 39.5 Å². The SMILES string of the molecule is CC(C)C1CCN(CCCCBr)CC1. The zero-order valence-electron chi connectivity index (χ0n) is 9.64. The van der Waals surface area contributed by atoms with Crippen LogP contribution in [0.3, 0.4) is 0 Å². The topological polar surface area (TPSA) is 3.24 Å². The van der Waals surface area contributed by atoms with Crippen LogP contribution >= 0.6 is 15.9 Å². The average Bonchev–Trinajstić information content (AvgIpc) is 2.19. The molecule has 1 heterocycles. The van der Waals surface area contributed by atoms with Gasteiger partial charge in [0.2, 0.25) is 0 Å². The molecule has 0 atom stereocenters. The van der Waals surface area contributed by atoms with E-state index >= 15 is 0 Å². The molecule has 0 radical (unpaired) electrons. The van der Waals surface area contributed by atoms with Gasteiger partial charge in [-0.2, -0.15) is 0 Å². The van der Waals surface area contributed by atoms with Crippen LogP contribution in [0.4, 0.5) is 0 Å². The molecule has 84 valence electrons. The Morgan fingerprint density at radius 2 is 1.86 bits per heavy atom. The fourth-order valence-corrected chi connectivity index (χ4v) is 2.67. The summed E-state index contributed by atoms with van der Waals surface area (Å²) in [5, 5.41) is 1.16. The summed E-state index contributed by atoms with van der Waals surface area (Å²) in [7, 11) is 0. The molecular formula is C12H24BrN. The van der Waals surface area contributed by atoms with Crippen LogP contribution < -0.4 is 0 Å². The fourth-order valence-electron chi connectivity index (χ4n) is 2.27. The third-order valence-electron chi connectivity index (χ3n) is 3.43. The number of rotatable bonds is 5. The molecule has 14 heavy (non-hydrogen) atoms. The first-order chi connectivity index (χ1) is 6.74. The van der Waals surface area contributed by atoms with Gasteiger partial charge in [0.25, 0.3) is 0 Å². The average molecular weight is 262 g/mol. The Kier molecular flexibility index (Phi) is 6.11. The summed E-state index contributed by atoms with van der Waals surface area (Å²) in [5.74, 6) is 1.88. The first-order valence-corrected chi connectivity index (χ1v) is 7.14. The van der Waals surface area contributed by atoms with Crippen molar-refractivity contribution in [1.82, 2.24) is 4.90 Å². The van der Waals surface area contributed by atoms with Crippen molar-refractivity contribution in [2.75, 3.05) is 25.0 Å². The summed E-state index contributed by atoms with van der Waals surface area (Å²) in [6, 6.07) is 0. The summed E-state index contributed by atoms with van der Waals surface area (Å²) in [6.07, 6.45) is 5.53. The molecule has 2 heteroatoms. The van der Waals surface area contributed by atoms with Crippen molar-refractivity contribution in [3.63, 3.8) is 0 Å². The number of unbranched alkanes of at least 4 members (excludes halogenated alkanes) is 1. The number of piperidine rings is 1. The Balaban J connectivity index is 2.09. The Morgan fingerprint density at radius 1 is 1.21 bits per heavy atom. The molecule has 1 nitrogen and oxygen atoms in total. The minimum absolute atomic E-state index is 0.889. The van der Waals surface area contributed by atoms with Gasteiger partial charge in [-0.15, -0.1) is 0 Å². The van der Waals surface area contributed by atoms with E-state index in [0.717, 1.165) is 17.2 Å². The normalized spacial score (nSPS) is 20.6. The molecule has 0 bridgehead atoms. The molecular weight excluding hydrogens is 238 g/mol. The molecule has 0 aromatic carbocycles. The van der Waals surface area contributed by atoms with Crippen LogP contribution in [0.25, 0.3) is 0 Å². The largest absolute Gasteiger partial charge is 0.303 e. The maximum atomic E-state index is 3.48. The number of nitrogens with zero attached hydrogens (tertiary/aromatic N) is 1. The second-order valence-electron chi connectivity index (χ2n) is 4.82. The molecule has 0 aromatic rings. The maximum Gasteiger partial charge on any atom is 0.00317 e. The summed E-state index contributed by atoms with van der Waals surface area (Å²) < 4.78 is 0. The molecule has 1 saturated heterocycles. The van der Waals surface area contributed by atoms with E-state index < -0.39 is 0 Å². The lowest BCUT2D eigenvalue weighted by atomic mass is 9.87. The molecule has 1 fully saturated rings. The van der Waals surface area contributed by atoms with Crippen molar-refractivity contribution in [3.8, 4) is 0 Å². The van der Waals surface area contributed by atoms with Gasteiger partial charge in [-0.3, -0.25) is 0 Å². The second-order valence-corrected chi connectivity index (χ2v) is 5.61. The fraction of sp³-hybridized carbons (Fsp3) is 1.00. The van der Waals surface area contributed by atoms with Crippen molar-refractivity contribution >= 4 is 15.9 Å². The van der Waals surface area contributed by atoms with Gasteiger partial charge in [-0.05, 0) is 57.2 Å². The van der Waals surface area contributed by atoms with Gasteiger partial charge in [0.15, 0.2) is 0 Å². The molecule has 0 unspecified atom stereocenters. The van der Waals surface area contributed by atoms with Crippen LogP contribution in [0.2, 0.25) is 0 Å². The maximum absolute atomic E-state index is 3.48.